The van der Waals surface area contributed by atoms with Gasteiger partial charge in [0, 0.05) is 56.7 Å². The van der Waals surface area contributed by atoms with E-state index in [1.54, 1.807) is 7.05 Å². The van der Waals surface area contributed by atoms with Crippen LogP contribution in [0.1, 0.15) is 37.3 Å². The first kappa shape index (κ1) is 23.5. The van der Waals surface area contributed by atoms with Gasteiger partial charge < -0.3 is 20.5 Å². The van der Waals surface area contributed by atoms with Crippen LogP contribution in [0, 0.1) is 12.8 Å². The van der Waals surface area contributed by atoms with Crippen LogP contribution in [0.3, 0.4) is 0 Å². The minimum absolute atomic E-state index is 0. The van der Waals surface area contributed by atoms with E-state index < -0.39 is 0 Å². The van der Waals surface area contributed by atoms with Crippen LogP contribution in [-0.4, -0.2) is 55.0 Å². The number of rotatable bonds is 6. The van der Waals surface area contributed by atoms with Crippen molar-refractivity contribution >= 4 is 46.7 Å². The van der Waals surface area contributed by atoms with Crippen molar-refractivity contribution in [2.24, 2.45) is 10.9 Å². The Bertz CT molecular complexity index is 824. The van der Waals surface area contributed by atoms with Crippen molar-refractivity contribution < 1.29 is 4.79 Å². The molecule has 0 bridgehead atoms. The van der Waals surface area contributed by atoms with Crippen molar-refractivity contribution in [1.29, 1.82) is 0 Å². The Morgan fingerprint density at radius 3 is 2.76 bits per heavy atom. The minimum Gasteiger partial charge on any atom is -0.361 e. The molecule has 0 atom stereocenters. The number of aromatic nitrogens is 1. The number of likely N-dealkylation sites (tertiary alicyclic amines) is 1. The third kappa shape index (κ3) is 6.10. The maximum Gasteiger partial charge on any atom is 0.220 e. The molecule has 3 N–H and O–H groups in total. The molecule has 0 unspecified atom stereocenters. The maximum atomic E-state index is 11.6. The van der Waals surface area contributed by atoms with Crippen molar-refractivity contribution in [3.05, 3.63) is 35.5 Å². The number of aromatic amines is 1. The summed E-state index contributed by atoms with van der Waals surface area (Å²) in [6, 6.07) is 6.43. The monoisotopic (exact) mass is 511 g/mol. The number of piperidine rings is 1. The van der Waals surface area contributed by atoms with E-state index in [9.17, 15) is 4.79 Å². The number of para-hydroxylation sites is 1. The highest BCUT2D eigenvalue weighted by Gasteiger charge is 2.23. The van der Waals surface area contributed by atoms with Gasteiger partial charge in [0.05, 0.1) is 0 Å². The van der Waals surface area contributed by atoms with Gasteiger partial charge in [-0.05, 0) is 50.2 Å². The van der Waals surface area contributed by atoms with E-state index in [1.807, 2.05) is 0 Å². The molecule has 1 amide bonds. The number of hydrogen-bond acceptors (Lipinski definition) is 2. The summed E-state index contributed by atoms with van der Waals surface area (Å²) in [5.74, 6) is 1.62. The number of amides is 1. The second-order valence-electron chi connectivity index (χ2n) is 7.60. The molecule has 1 aliphatic heterocycles. The van der Waals surface area contributed by atoms with Crippen LogP contribution in [-0.2, 0) is 11.2 Å². The fraction of sp³-hybridized carbons (Fsp3) is 0.545. The number of hydrogen-bond donors (Lipinski definition) is 3. The molecule has 29 heavy (non-hydrogen) atoms. The molecular weight excluding hydrogens is 477 g/mol. The molecule has 1 aromatic heterocycles. The van der Waals surface area contributed by atoms with Gasteiger partial charge >= 0.3 is 0 Å². The summed E-state index contributed by atoms with van der Waals surface area (Å²) >= 11 is 0. The smallest absolute Gasteiger partial charge is 0.220 e. The third-order valence-electron chi connectivity index (χ3n) is 5.65. The van der Waals surface area contributed by atoms with Gasteiger partial charge in [-0.1, -0.05) is 18.2 Å². The van der Waals surface area contributed by atoms with Crippen LogP contribution in [0.2, 0.25) is 0 Å². The second kappa shape index (κ2) is 11.4. The van der Waals surface area contributed by atoms with Gasteiger partial charge in [0.25, 0.3) is 0 Å². The predicted molar refractivity (Wildman–Crippen MR) is 131 cm³/mol. The topological polar surface area (TPSA) is 72.5 Å². The molecule has 2 heterocycles. The van der Waals surface area contributed by atoms with Gasteiger partial charge in [0.15, 0.2) is 5.96 Å². The van der Waals surface area contributed by atoms with Crippen LogP contribution in [0.25, 0.3) is 10.9 Å². The lowest BCUT2D eigenvalue weighted by atomic mass is 9.93. The van der Waals surface area contributed by atoms with E-state index in [4.69, 9.17) is 4.99 Å². The number of carbonyl (C=O) groups excluding carboxylic acids is 1. The third-order valence-corrected chi connectivity index (χ3v) is 5.65. The highest BCUT2D eigenvalue weighted by molar-refractivity contribution is 14.0. The zero-order chi connectivity index (χ0) is 19.9. The van der Waals surface area contributed by atoms with Crippen molar-refractivity contribution in [2.45, 2.75) is 39.5 Å². The first-order valence-electron chi connectivity index (χ1n) is 10.4. The quantitative estimate of drug-likeness (QED) is 0.316. The van der Waals surface area contributed by atoms with Gasteiger partial charge in [-0.3, -0.25) is 9.79 Å². The predicted octanol–water partition coefficient (Wildman–Crippen LogP) is 3.45. The lowest BCUT2D eigenvalue weighted by molar-refractivity contribution is -0.121. The van der Waals surface area contributed by atoms with Crippen LogP contribution in [0.5, 0.6) is 0 Å². The summed E-state index contributed by atoms with van der Waals surface area (Å²) in [5, 5.41) is 7.47. The van der Waals surface area contributed by atoms with Crippen molar-refractivity contribution in [3.8, 4) is 0 Å². The first-order chi connectivity index (χ1) is 13.6. The highest BCUT2D eigenvalue weighted by atomic mass is 127. The molecule has 1 saturated heterocycles. The average Bonchev–Trinajstić information content (AvgIpc) is 3.12. The summed E-state index contributed by atoms with van der Waals surface area (Å²) in [6.07, 6.45) is 5.76. The second-order valence-corrected chi connectivity index (χ2v) is 7.60. The summed E-state index contributed by atoms with van der Waals surface area (Å²) in [7, 11) is 1.71. The van der Waals surface area contributed by atoms with Crippen LogP contribution < -0.4 is 10.6 Å². The largest absolute Gasteiger partial charge is 0.361 e. The lowest BCUT2D eigenvalue weighted by Gasteiger charge is -2.34. The Balaban J connectivity index is 0.00000300. The average molecular weight is 511 g/mol. The Labute approximate surface area is 190 Å². The van der Waals surface area contributed by atoms with Gasteiger partial charge in [0.1, 0.15) is 0 Å². The number of benzene rings is 1. The summed E-state index contributed by atoms with van der Waals surface area (Å²) in [6.45, 7) is 7.79. The number of halogens is 1. The maximum absolute atomic E-state index is 11.6. The van der Waals surface area contributed by atoms with Gasteiger partial charge in [-0.15, -0.1) is 24.0 Å². The normalized spacial score (nSPS) is 15.3. The summed E-state index contributed by atoms with van der Waals surface area (Å²) in [5.41, 5.74) is 3.83. The van der Waals surface area contributed by atoms with Crippen molar-refractivity contribution in [2.75, 3.05) is 33.2 Å². The van der Waals surface area contributed by atoms with Crippen LogP contribution >= 0.6 is 24.0 Å². The molecule has 6 nitrogen and oxygen atoms in total. The SMILES string of the molecule is CCNC(=NCCc1c[nH]c2c(C)cccc12)N1CCC(CC(=O)NC)CC1.I. The molecule has 0 aliphatic carbocycles. The summed E-state index contributed by atoms with van der Waals surface area (Å²) < 4.78 is 0. The summed E-state index contributed by atoms with van der Waals surface area (Å²) in [4.78, 5) is 22.2. The fourth-order valence-electron chi connectivity index (χ4n) is 3.99. The van der Waals surface area contributed by atoms with Crippen molar-refractivity contribution in [1.82, 2.24) is 20.5 Å². The highest BCUT2D eigenvalue weighted by Crippen LogP contribution is 2.22. The number of aliphatic imine (C=N–C) groups is 1. The Morgan fingerprint density at radius 1 is 1.31 bits per heavy atom. The number of carbonyl (C=O) groups is 1. The van der Waals surface area contributed by atoms with Gasteiger partial charge in [-0.2, -0.15) is 0 Å². The van der Waals surface area contributed by atoms with Crippen molar-refractivity contribution in [3.63, 3.8) is 0 Å². The van der Waals surface area contributed by atoms with E-state index >= 15 is 0 Å². The molecule has 1 aliphatic rings. The van der Waals surface area contributed by atoms with E-state index in [-0.39, 0.29) is 29.9 Å². The molecule has 0 saturated carbocycles. The molecule has 0 radical (unpaired) electrons. The van der Waals surface area contributed by atoms with E-state index in [0.29, 0.717) is 12.3 Å². The number of fused-ring (bicyclic) bond motifs is 1. The number of nitrogens with one attached hydrogen (secondary N) is 3. The Kier molecular flexibility index (Phi) is 9.26. The first-order valence-corrected chi connectivity index (χ1v) is 10.4. The molecule has 7 heteroatoms. The number of guanidine groups is 1. The molecule has 3 rings (SSSR count). The van der Waals surface area contributed by atoms with E-state index in [0.717, 1.165) is 51.4 Å². The molecule has 160 valence electrons. The van der Waals surface area contributed by atoms with Crippen LogP contribution in [0.15, 0.2) is 29.4 Å². The van der Waals surface area contributed by atoms with Gasteiger partial charge in [-0.25, -0.2) is 0 Å². The molecule has 1 fully saturated rings. The Morgan fingerprint density at radius 2 is 2.07 bits per heavy atom. The minimum atomic E-state index is 0. The Hall–Kier alpha value is -1.77. The number of aryl methyl sites for hydroxylation is 1. The van der Waals surface area contributed by atoms with E-state index in [2.05, 4.69) is 58.8 Å². The van der Waals surface area contributed by atoms with E-state index in [1.165, 1.54) is 22.0 Å². The lowest BCUT2D eigenvalue weighted by Crippen LogP contribution is -2.46. The molecule has 1 aromatic carbocycles. The standard InChI is InChI=1S/C22H33N5O.HI/c1-4-24-22(27-12-9-17(10-13-27)14-20(28)23-3)25-11-8-18-15-26-21-16(2)6-5-7-19(18)21;/h5-7,15,17,26H,4,8-14H2,1-3H3,(H,23,28)(H,24,25);1H. The zero-order valence-corrected chi connectivity index (χ0v) is 20.1. The zero-order valence-electron chi connectivity index (χ0n) is 17.8. The van der Waals surface area contributed by atoms with Gasteiger partial charge in [0.2, 0.25) is 5.91 Å². The molecule has 2 aromatic rings. The fourth-order valence-corrected chi connectivity index (χ4v) is 3.99. The molecule has 0 spiro atoms. The molecular formula is C22H34IN5O. The number of nitrogens with zero attached hydrogens (tertiary/aromatic N) is 2. The number of H-pyrrole nitrogens is 1. The van der Waals surface area contributed by atoms with Crippen LogP contribution in [0.4, 0.5) is 0 Å².